The lowest BCUT2D eigenvalue weighted by molar-refractivity contribution is 0.129. The predicted octanol–water partition coefficient (Wildman–Crippen LogP) is 0.704. The van der Waals surface area contributed by atoms with E-state index in [0.29, 0.717) is 5.92 Å². The van der Waals surface area contributed by atoms with Crippen molar-refractivity contribution in [2.75, 3.05) is 0 Å². The zero-order valence-electron chi connectivity index (χ0n) is 6.36. The Kier molecular flexibility index (Phi) is 1.23. The van der Waals surface area contributed by atoms with Crippen LogP contribution in [0.5, 0.6) is 0 Å². The van der Waals surface area contributed by atoms with Gasteiger partial charge in [-0.3, -0.25) is 0 Å². The van der Waals surface area contributed by atoms with Gasteiger partial charge in [-0.1, -0.05) is 6.92 Å². The Morgan fingerprint density at radius 2 is 2.45 bits per heavy atom. The minimum Gasteiger partial charge on any atom is -0.383 e. The van der Waals surface area contributed by atoms with E-state index in [-0.39, 0.29) is 0 Å². The van der Waals surface area contributed by atoms with Crippen LogP contribution in [-0.4, -0.2) is 15.1 Å². The van der Waals surface area contributed by atoms with Crippen molar-refractivity contribution in [1.29, 1.82) is 0 Å². The summed E-state index contributed by atoms with van der Waals surface area (Å²) >= 11 is 0. The second-order valence-electron chi connectivity index (χ2n) is 3.12. The molecular formula is C8H10N2O. The van der Waals surface area contributed by atoms with E-state index < -0.39 is 5.60 Å². The Bertz CT molecular complexity index is 262. The third kappa shape index (κ3) is 0.922. The van der Waals surface area contributed by atoms with Gasteiger partial charge in [0, 0.05) is 6.20 Å². The van der Waals surface area contributed by atoms with Gasteiger partial charge >= 0.3 is 0 Å². The molecule has 2 rings (SSSR count). The van der Waals surface area contributed by atoms with E-state index in [0.717, 1.165) is 12.1 Å². The molecule has 3 heteroatoms. The summed E-state index contributed by atoms with van der Waals surface area (Å²) in [6, 6.07) is 1.77. The molecule has 0 spiro atoms. The quantitative estimate of drug-likeness (QED) is 0.641. The van der Waals surface area contributed by atoms with Crippen molar-refractivity contribution in [3.8, 4) is 0 Å². The summed E-state index contributed by atoms with van der Waals surface area (Å²) in [6.07, 6.45) is 3.95. The van der Waals surface area contributed by atoms with Gasteiger partial charge in [0.05, 0.1) is 5.69 Å². The van der Waals surface area contributed by atoms with Crippen LogP contribution in [0.15, 0.2) is 18.6 Å². The fourth-order valence-electron chi connectivity index (χ4n) is 1.31. The van der Waals surface area contributed by atoms with Gasteiger partial charge in [-0.15, -0.1) is 0 Å². The number of aliphatic hydroxyl groups is 1. The zero-order chi connectivity index (χ0) is 7.90. The molecule has 2 atom stereocenters. The van der Waals surface area contributed by atoms with E-state index in [2.05, 4.69) is 9.97 Å². The molecule has 0 saturated heterocycles. The Morgan fingerprint density at radius 1 is 1.73 bits per heavy atom. The average molecular weight is 150 g/mol. The molecule has 1 aromatic heterocycles. The molecule has 1 heterocycles. The van der Waals surface area contributed by atoms with Gasteiger partial charge in [-0.25, -0.2) is 9.97 Å². The van der Waals surface area contributed by atoms with E-state index in [1.165, 1.54) is 6.33 Å². The molecule has 1 saturated carbocycles. The molecule has 0 radical (unpaired) electrons. The van der Waals surface area contributed by atoms with Crippen LogP contribution >= 0.6 is 0 Å². The highest BCUT2D eigenvalue weighted by Crippen LogP contribution is 2.50. The molecule has 2 unspecified atom stereocenters. The van der Waals surface area contributed by atoms with Gasteiger partial charge in [0.2, 0.25) is 0 Å². The fraction of sp³-hybridized carbons (Fsp3) is 0.500. The molecule has 1 fully saturated rings. The van der Waals surface area contributed by atoms with Crippen LogP contribution in [0.2, 0.25) is 0 Å². The summed E-state index contributed by atoms with van der Waals surface area (Å²) in [7, 11) is 0. The minimum atomic E-state index is -0.650. The first-order valence-electron chi connectivity index (χ1n) is 3.72. The van der Waals surface area contributed by atoms with Crippen LogP contribution in [-0.2, 0) is 5.60 Å². The average Bonchev–Trinajstić information content (AvgIpc) is 2.64. The lowest BCUT2D eigenvalue weighted by Crippen LogP contribution is -2.09. The van der Waals surface area contributed by atoms with Gasteiger partial charge in [-0.05, 0) is 18.4 Å². The normalized spacial score (nSPS) is 35.3. The summed E-state index contributed by atoms with van der Waals surface area (Å²) in [5.74, 6) is 0.345. The van der Waals surface area contributed by atoms with Crippen LogP contribution in [0, 0.1) is 5.92 Å². The van der Waals surface area contributed by atoms with Crippen LogP contribution in [0.1, 0.15) is 19.0 Å². The number of hydrogen-bond acceptors (Lipinski definition) is 3. The lowest BCUT2D eigenvalue weighted by atomic mass is 10.2. The molecule has 0 bridgehead atoms. The zero-order valence-corrected chi connectivity index (χ0v) is 6.36. The SMILES string of the molecule is CC1CC1(O)c1ccncn1. The topological polar surface area (TPSA) is 46.0 Å². The first-order chi connectivity index (χ1) is 5.23. The maximum Gasteiger partial charge on any atom is 0.115 e. The fourth-order valence-corrected chi connectivity index (χ4v) is 1.31. The third-order valence-corrected chi connectivity index (χ3v) is 2.30. The number of nitrogens with zero attached hydrogens (tertiary/aromatic N) is 2. The van der Waals surface area contributed by atoms with Crippen LogP contribution in [0.3, 0.4) is 0 Å². The Morgan fingerprint density at radius 3 is 2.91 bits per heavy atom. The van der Waals surface area contributed by atoms with Crippen molar-refractivity contribution in [3.63, 3.8) is 0 Å². The molecule has 0 amide bonds. The molecule has 0 aromatic carbocycles. The van der Waals surface area contributed by atoms with Gasteiger partial charge in [0.15, 0.2) is 0 Å². The number of aromatic nitrogens is 2. The molecule has 1 aliphatic rings. The maximum absolute atomic E-state index is 9.78. The van der Waals surface area contributed by atoms with Gasteiger partial charge in [0.25, 0.3) is 0 Å². The molecule has 3 nitrogen and oxygen atoms in total. The maximum atomic E-state index is 9.78. The smallest absolute Gasteiger partial charge is 0.115 e. The Balaban J connectivity index is 2.32. The number of hydrogen-bond donors (Lipinski definition) is 1. The highest BCUT2D eigenvalue weighted by molar-refractivity contribution is 5.19. The van der Waals surface area contributed by atoms with Crippen molar-refractivity contribution in [2.45, 2.75) is 18.9 Å². The molecule has 11 heavy (non-hydrogen) atoms. The highest BCUT2D eigenvalue weighted by Gasteiger charge is 2.52. The standard InChI is InChI=1S/C8H10N2O/c1-6-4-8(6,11)7-2-3-9-5-10-7/h2-3,5-6,11H,4H2,1H3. The molecule has 1 aromatic rings. The summed E-state index contributed by atoms with van der Waals surface area (Å²) in [5.41, 5.74) is 0.100. The molecule has 0 aliphatic heterocycles. The van der Waals surface area contributed by atoms with Crippen LogP contribution in [0.4, 0.5) is 0 Å². The summed E-state index contributed by atoms with van der Waals surface area (Å²) in [6.45, 7) is 2.02. The second kappa shape index (κ2) is 2.01. The largest absolute Gasteiger partial charge is 0.383 e. The van der Waals surface area contributed by atoms with Crippen molar-refractivity contribution in [3.05, 3.63) is 24.3 Å². The van der Waals surface area contributed by atoms with Crippen LogP contribution < -0.4 is 0 Å². The van der Waals surface area contributed by atoms with Crippen molar-refractivity contribution in [2.24, 2.45) is 5.92 Å². The lowest BCUT2D eigenvalue weighted by Gasteiger charge is -2.05. The first kappa shape index (κ1) is 6.73. The van der Waals surface area contributed by atoms with Crippen molar-refractivity contribution < 1.29 is 5.11 Å². The first-order valence-corrected chi connectivity index (χ1v) is 3.72. The van der Waals surface area contributed by atoms with E-state index >= 15 is 0 Å². The van der Waals surface area contributed by atoms with E-state index in [9.17, 15) is 5.11 Å². The predicted molar refractivity (Wildman–Crippen MR) is 39.7 cm³/mol. The van der Waals surface area contributed by atoms with Crippen molar-refractivity contribution in [1.82, 2.24) is 9.97 Å². The van der Waals surface area contributed by atoms with Crippen molar-refractivity contribution >= 4 is 0 Å². The summed E-state index contributed by atoms with van der Waals surface area (Å²) in [5, 5.41) is 9.78. The van der Waals surface area contributed by atoms with E-state index in [1.807, 2.05) is 6.92 Å². The third-order valence-electron chi connectivity index (χ3n) is 2.30. The second-order valence-corrected chi connectivity index (χ2v) is 3.12. The van der Waals surface area contributed by atoms with Gasteiger partial charge in [0.1, 0.15) is 11.9 Å². The summed E-state index contributed by atoms with van der Waals surface area (Å²) in [4.78, 5) is 7.79. The number of rotatable bonds is 1. The molecular weight excluding hydrogens is 140 g/mol. The molecule has 1 N–H and O–H groups in total. The Hall–Kier alpha value is -0.960. The molecule has 58 valence electrons. The highest BCUT2D eigenvalue weighted by atomic mass is 16.3. The van der Waals surface area contributed by atoms with E-state index in [4.69, 9.17) is 0 Å². The summed E-state index contributed by atoms with van der Waals surface area (Å²) < 4.78 is 0. The van der Waals surface area contributed by atoms with E-state index in [1.54, 1.807) is 12.3 Å². The minimum absolute atomic E-state index is 0.345. The van der Waals surface area contributed by atoms with Gasteiger partial charge in [-0.2, -0.15) is 0 Å². The Labute approximate surface area is 65.1 Å². The molecule has 1 aliphatic carbocycles. The van der Waals surface area contributed by atoms with Crippen LogP contribution in [0.25, 0.3) is 0 Å². The monoisotopic (exact) mass is 150 g/mol. The van der Waals surface area contributed by atoms with Gasteiger partial charge < -0.3 is 5.11 Å².